The Morgan fingerprint density at radius 3 is 2.38 bits per heavy atom. The zero-order chi connectivity index (χ0) is 15.5. The Labute approximate surface area is 125 Å². The predicted octanol–water partition coefficient (Wildman–Crippen LogP) is 2.91. The number of hydrogen-bond donors (Lipinski definition) is 1. The minimum Gasteiger partial charge on any atom is -0.207 e. The first kappa shape index (κ1) is 15.2. The maximum atomic E-state index is 12.4. The number of rotatable bonds is 4. The Hall–Kier alpha value is -2.16. The minimum absolute atomic E-state index is 0.168. The minimum atomic E-state index is -3.61. The normalized spacial score (nSPS) is 12.6. The number of aryl methyl sites for hydroxylation is 1. The summed E-state index contributed by atoms with van der Waals surface area (Å²) in [6, 6.07) is 15.5. The van der Waals surface area contributed by atoms with E-state index in [1.54, 1.807) is 13.8 Å². The van der Waals surface area contributed by atoms with Gasteiger partial charge in [-0.1, -0.05) is 30.3 Å². The van der Waals surface area contributed by atoms with Crippen molar-refractivity contribution in [2.75, 3.05) is 0 Å². The molecule has 2 aromatic carbocycles. The lowest BCUT2D eigenvalue weighted by Crippen LogP contribution is -2.27. The predicted molar refractivity (Wildman–Crippen MR) is 81.1 cm³/mol. The van der Waals surface area contributed by atoms with Gasteiger partial charge in [0.2, 0.25) is 10.0 Å². The Balaban J connectivity index is 2.27. The van der Waals surface area contributed by atoms with E-state index in [9.17, 15) is 8.42 Å². The fraction of sp³-hybridized carbons (Fsp3) is 0.188. The summed E-state index contributed by atoms with van der Waals surface area (Å²) < 4.78 is 27.4. The van der Waals surface area contributed by atoms with Crippen LogP contribution in [0.4, 0.5) is 0 Å². The van der Waals surface area contributed by atoms with Gasteiger partial charge < -0.3 is 0 Å². The Morgan fingerprint density at radius 2 is 1.81 bits per heavy atom. The van der Waals surface area contributed by atoms with Gasteiger partial charge in [0.1, 0.15) is 0 Å². The zero-order valence-corrected chi connectivity index (χ0v) is 12.7. The third-order valence-corrected chi connectivity index (χ3v) is 4.80. The van der Waals surface area contributed by atoms with Gasteiger partial charge in [-0.3, -0.25) is 0 Å². The number of sulfonamides is 1. The second-order valence-electron chi connectivity index (χ2n) is 4.84. The lowest BCUT2D eigenvalue weighted by molar-refractivity contribution is 0.567. The average Bonchev–Trinajstić information content (AvgIpc) is 2.47. The fourth-order valence-electron chi connectivity index (χ4n) is 2.04. The van der Waals surface area contributed by atoms with Crippen LogP contribution in [0.15, 0.2) is 53.4 Å². The molecule has 2 aromatic rings. The highest BCUT2D eigenvalue weighted by Crippen LogP contribution is 2.19. The van der Waals surface area contributed by atoms with E-state index in [0.717, 1.165) is 5.56 Å². The third kappa shape index (κ3) is 3.48. The molecule has 0 bridgehead atoms. The lowest BCUT2D eigenvalue weighted by Gasteiger charge is -2.15. The van der Waals surface area contributed by atoms with Crippen LogP contribution in [-0.4, -0.2) is 8.42 Å². The first-order valence-electron chi connectivity index (χ1n) is 6.52. The van der Waals surface area contributed by atoms with Crippen LogP contribution in [0, 0.1) is 18.3 Å². The maximum Gasteiger partial charge on any atom is 0.241 e. The first-order valence-corrected chi connectivity index (χ1v) is 8.00. The van der Waals surface area contributed by atoms with E-state index in [1.165, 1.54) is 18.2 Å². The van der Waals surface area contributed by atoms with E-state index in [-0.39, 0.29) is 10.9 Å². The quantitative estimate of drug-likeness (QED) is 0.943. The number of nitrogens with zero attached hydrogens (tertiary/aromatic N) is 1. The summed E-state index contributed by atoms with van der Waals surface area (Å²) in [6.45, 7) is 3.52. The largest absolute Gasteiger partial charge is 0.241 e. The molecule has 21 heavy (non-hydrogen) atoms. The topological polar surface area (TPSA) is 70.0 Å². The SMILES string of the molecule is Cc1cc(S(=O)(=O)N[C@H](C)c2ccccc2)ccc1C#N. The van der Waals surface area contributed by atoms with E-state index in [0.29, 0.717) is 11.1 Å². The van der Waals surface area contributed by atoms with Gasteiger partial charge in [0.15, 0.2) is 0 Å². The molecule has 0 aromatic heterocycles. The van der Waals surface area contributed by atoms with Gasteiger partial charge in [-0.15, -0.1) is 0 Å². The molecule has 0 radical (unpaired) electrons. The standard InChI is InChI=1S/C16H16N2O2S/c1-12-10-16(9-8-15(12)11-17)21(19,20)18-13(2)14-6-4-3-5-7-14/h3-10,13,18H,1-2H3/t13-/m1/s1. The molecule has 0 aliphatic heterocycles. The van der Waals surface area contributed by atoms with Crippen LogP contribution < -0.4 is 4.72 Å². The molecular weight excluding hydrogens is 284 g/mol. The molecule has 0 saturated carbocycles. The smallest absolute Gasteiger partial charge is 0.207 e. The lowest BCUT2D eigenvalue weighted by atomic mass is 10.1. The molecule has 108 valence electrons. The average molecular weight is 300 g/mol. The highest BCUT2D eigenvalue weighted by molar-refractivity contribution is 7.89. The van der Waals surface area contributed by atoms with Gasteiger partial charge in [0, 0.05) is 6.04 Å². The molecule has 1 atom stereocenters. The fourth-order valence-corrected chi connectivity index (χ4v) is 3.36. The molecule has 2 rings (SSSR count). The van der Waals surface area contributed by atoms with E-state index < -0.39 is 10.0 Å². The Kier molecular flexibility index (Phi) is 4.41. The molecule has 0 aliphatic carbocycles. The summed E-state index contributed by atoms with van der Waals surface area (Å²) in [5.74, 6) is 0. The molecule has 0 heterocycles. The Morgan fingerprint density at radius 1 is 1.14 bits per heavy atom. The van der Waals surface area contributed by atoms with Crippen molar-refractivity contribution in [1.29, 1.82) is 5.26 Å². The van der Waals surface area contributed by atoms with Crippen LogP contribution in [0.3, 0.4) is 0 Å². The van der Waals surface area contributed by atoms with Crippen LogP contribution in [0.2, 0.25) is 0 Å². The second kappa shape index (κ2) is 6.08. The molecular formula is C16H16N2O2S. The molecule has 0 aliphatic rings. The molecule has 0 fully saturated rings. The van der Waals surface area contributed by atoms with Crippen molar-refractivity contribution in [1.82, 2.24) is 4.72 Å². The summed E-state index contributed by atoms with van der Waals surface area (Å²) in [5, 5.41) is 8.89. The van der Waals surface area contributed by atoms with Gasteiger partial charge in [-0.2, -0.15) is 5.26 Å². The van der Waals surface area contributed by atoms with Gasteiger partial charge in [-0.05, 0) is 43.2 Å². The van der Waals surface area contributed by atoms with Crippen molar-refractivity contribution >= 4 is 10.0 Å². The van der Waals surface area contributed by atoms with Crippen molar-refractivity contribution in [3.05, 3.63) is 65.2 Å². The maximum absolute atomic E-state index is 12.4. The van der Waals surface area contributed by atoms with Crippen molar-refractivity contribution in [3.63, 3.8) is 0 Å². The van der Waals surface area contributed by atoms with Crippen LogP contribution in [0.1, 0.15) is 29.7 Å². The van der Waals surface area contributed by atoms with Crippen molar-refractivity contribution in [2.24, 2.45) is 0 Å². The molecule has 0 saturated heterocycles. The van der Waals surface area contributed by atoms with Crippen LogP contribution in [0.5, 0.6) is 0 Å². The van der Waals surface area contributed by atoms with Crippen LogP contribution in [-0.2, 0) is 10.0 Å². The van der Waals surface area contributed by atoms with Crippen molar-refractivity contribution < 1.29 is 8.42 Å². The Bertz CT molecular complexity index is 778. The van der Waals surface area contributed by atoms with E-state index in [4.69, 9.17) is 5.26 Å². The molecule has 1 N–H and O–H groups in total. The van der Waals surface area contributed by atoms with Crippen molar-refractivity contribution in [2.45, 2.75) is 24.8 Å². The van der Waals surface area contributed by atoms with Crippen LogP contribution in [0.25, 0.3) is 0 Å². The number of nitriles is 1. The number of nitrogens with one attached hydrogen (secondary N) is 1. The van der Waals surface area contributed by atoms with Gasteiger partial charge >= 0.3 is 0 Å². The van der Waals surface area contributed by atoms with E-state index >= 15 is 0 Å². The summed E-state index contributed by atoms with van der Waals surface area (Å²) in [5.41, 5.74) is 2.02. The monoisotopic (exact) mass is 300 g/mol. The highest BCUT2D eigenvalue weighted by atomic mass is 32.2. The summed E-state index contributed by atoms with van der Waals surface area (Å²) in [6.07, 6.45) is 0. The summed E-state index contributed by atoms with van der Waals surface area (Å²) in [7, 11) is -3.61. The van der Waals surface area contributed by atoms with Gasteiger partial charge in [0.25, 0.3) is 0 Å². The highest BCUT2D eigenvalue weighted by Gasteiger charge is 2.18. The molecule has 0 amide bonds. The zero-order valence-electron chi connectivity index (χ0n) is 11.9. The summed E-state index contributed by atoms with van der Waals surface area (Å²) >= 11 is 0. The molecule has 0 unspecified atom stereocenters. The second-order valence-corrected chi connectivity index (χ2v) is 6.56. The molecule has 5 heteroatoms. The van der Waals surface area contributed by atoms with Gasteiger partial charge in [-0.25, -0.2) is 13.1 Å². The summed E-state index contributed by atoms with van der Waals surface area (Å²) in [4.78, 5) is 0.168. The van der Waals surface area contributed by atoms with E-state index in [2.05, 4.69) is 4.72 Å². The van der Waals surface area contributed by atoms with Crippen molar-refractivity contribution in [3.8, 4) is 6.07 Å². The third-order valence-electron chi connectivity index (χ3n) is 3.26. The first-order chi connectivity index (χ1) is 9.94. The molecule has 0 spiro atoms. The van der Waals surface area contributed by atoms with E-state index in [1.807, 2.05) is 36.4 Å². The van der Waals surface area contributed by atoms with Crippen LogP contribution >= 0.6 is 0 Å². The number of benzene rings is 2. The molecule has 4 nitrogen and oxygen atoms in total. The number of hydrogen-bond acceptors (Lipinski definition) is 3. The van der Waals surface area contributed by atoms with Gasteiger partial charge in [0.05, 0.1) is 16.5 Å².